The summed E-state index contributed by atoms with van der Waals surface area (Å²) < 4.78 is 63.1. The summed E-state index contributed by atoms with van der Waals surface area (Å²) in [6.07, 6.45) is 8.20. The van der Waals surface area contributed by atoms with Crippen molar-refractivity contribution < 1.29 is 55.3 Å². The lowest BCUT2D eigenvalue weighted by atomic mass is 9.80. The zero-order valence-corrected chi connectivity index (χ0v) is 56.2. The summed E-state index contributed by atoms with van der Waals surface area (Å²) >= 11 is 46.9. The molecule has 0 saturated carbocycles. The van der Waals surface area contributed by atoms with Gasteiger partial charge in [-0.05, 0) is 84.4 Å². The Morgan fingerprint density at radius 2 is 1.02 bits per heavy atom. The Hall–Kier alpha value is -9.34. The predicted octanol–water partition coefficient (Wildman–Crippen LogP) is 17.4. The predicted molar refractivity (Wildman–Crippen MR) is 378 cm³/mol. The first kappa shape index (κ1) is 72.9. The van der Waals surface area contributed by atoms with E-state index < -0.39 is 34.1 Å². The fourth-order valence-corrected chi connectivity index (χ4v) is 11.2. The molecule has 14 rings (SSSR count). The van der Waals surface area contributed by atoms with Crippen molar-refractivity contribution in [3.05, 3.63) is 264 Å². The van der Waals surface area contributed by atoms with Gasteiger partial charge >= 0.3 is 22.7 Å². The van der Waals surface area contributed by atoms with Gasteiger partial charge in [-0.3, -0.25) is 18.8 Å². The lowest BCUT2D eigenvalue weighted by Gasteiger charge is -2.10. The maximum Gasteiger partial charge on any atom is 0.534 e. The van der Waals surface area contributed by atoms with Crippen LogP contribution in [0.4, 0.5) is 13.2 Å². The number of hydrogen-bond donors (Lipinski definition) is 4. The largest absolute Gasteiger partial charge is 0.534 e. The van der Waals surface area contributed by atoms with Crippen molar-refractivity contribution in [3.63, 3.8) is 0 Å². The smallest absolute Gasteiger partial charge is 0.506 e. The van der Waals surface area contributed by atoms with Gasteiger partial charge in [0.25, 0.3) is 0 Å². The number of carbonyl (C=O) groups excluding carboxylic acids is 3. The molecule has 0 radical (unpaired) electrons. The van der Waals surface area contributed by atoms with E-state index in [-0.39, 0.29) is 33.1 Å². The van der Waals surface area contributed by atoms with Crippen molar-refractivity contribution in [3.8, 4) is 45.1 Å². The number of nitrogens with one attached hydrogen (secondary N) is 1. The number of hydrogen-bond acceptors (Lipinski definition) is 16. The first-order chi connectivity index (χ1) is 46.9. The molecule has 8 heterocycles. The van der Waals surface area contributed by atoms with Gasteiger partial charge in [0, 0.05) is 78.1 Å². The molecule has 494 valence electrons. The van der Waals surface area contributed by atoms with E-state index in [0.29, 0.717) is 54.4 Å². The average Bonchev–Trinajstić information content (AvgIpc) is 1.49. The van der Waals surface area contributed by atoms with Gasteiger partial charge in [0.2, 0.25) is 0 Å². The molecule has 0 atom stereocenters. The Morgan fingerprint density at radius 1 is 0.490 bits per heavy atom. The minimum atomic E-state index is -5.84. The Labute approximate surface area is 594 Å². The van der Waals surface area contributed by atoms with Crippen molar-refractivity contribution in [2.24, 2.45) is 0 Å². The standard InChI is InChI=1S/C18H9Cl2N3.C18H12ClN3.C12H7Cl2NO.C7H3ClF3NO4S.C6H6BClO2.C6H4ClNO2/c19-12-4-3-7-15-17(12)11-9-21-16(20)8-10(11)18-22-13-5-1-2-6-14(13)23(15)18;19-17-10-13(14(11-20-17)12-6-2-1-3-7-12)18-21-15-8-4-5-9-16(15)22-18;13-11-4-2-1-3-9(11)10-6-15-12(14)5-8(10)7-16;8-6-1-4(3-13)5(2-12-6)16-17(14,15)7(9,10)11;8-6-4-2-1-3-5(6)7(9)10;7-6-1-4(3-9)5(10)2-8-6/h1-9H;1-11H,(H,21,22);1-7H;1-3H;1-4,9-10H;1-3,10H. The van der Waals surface area contributed by atoms with Crippen LogP contribution in [-0.2, 0) is 10.1 Å². The quantitative estimate of drug-likeness (QED) is 0.0261. The van der Waals surface area contributed by atoms with Crippen molar-refractivity contribution in [2.75, 3.05) is 0 Å². The molecule has 6 aromatic carbocycles. The van der Waals surface area contributed by atoms with E-state index in [9.17, 15) is 36.0 Å². The Kier molecular flexibility index (Phi) is 24.4. The van der Waals surface area contributed by atoms with Crippen molar-refractivity contribution in [1.82, 2.24) is 44.3 Å². The summed E-state index contributed by atoms with van der Waals surface area (Å²) in [6, 6.07) is 53.3. The van der Waals surface area contributed by atoms with Crippen LogP contribution in [0, 0.1) is 0 Å². The van der Waals surface area contributed by atoms with Gasteiger partial charge in [0.15, 0.2) is 24.6 Å². The van der Waals surface area contributed by atoms with Crippen LogP contribution in [0.5, 0.6) is 11.5 Å². The SMILES string of the molecule is Clc1cc(-c2nc3ccccc3[nH]2)c(-c2ccccc2)cn1.Clc1cc2c(cn1)c1c(Cl)cccc1n1c3ccccc3nc21.O=Cc1cc(Cl)ncc1-c1ccccc1Cl.O=Cc1cc(Cl)ncc1O.O=Cc1cc(Cl)ncc1OS(=O)(=O)C(F)(F)F.OB(O)c1ccccc1Cl. The third kappa shape index (κ3) is 17.7. The molecule has 0 saturated heterocycles. The molecular formula is C67H41BCl8F3N9O9S. The van der Waals surface area contributed by atoms with E-state index in [4.69, 9.17) is 113 Å². The minimum Gasteiger partial charge on any atom is -0.506 e. The lowest BCUT2D eigenvalue weighted by Crippen LogP contribution is -2.30. The van der Waals surface area contributed by atoms with E-state index in [1.165, 1.54) is 12.1 Å². The van der Waals surface area contributed by atoms with Crippen LogP contribution >= 0.6 is 92.8 Å². The van der Waals surface area contributed by atoms with Gasteiger partial charge < -0.3 is 24.3 Å². The molecule has 8 aromatic heterocycles. The highest BCUT2D eigenvalue weighted by molar-refractivity contribution is 7.88. The first-order valence-electron chi connectivity index (χ1n) is 27.9. The van der Waals surface area contributed by atoms with Crippen LogP contribution in [0.3, 0.4) is 0 Å². The lowest BCUT2D eigenvalue weighted by molar-refractivity contribution is -0.0500. The van der Waals surface area contributed by atoms with Crippen LogP contribution in [0.25, 0.3) is 83.0 Å². The number of halogens is 11. The number of rotatable bonds is 9. The number of imidazole rings is 2. The molecule has 98 heavy (non-hydrogen) atoms. The molecule has 0 amide bonds. The van der Waals surface area contributed by atoms with Gasteiger partial charge in [-0.2, -0.15) is 21.6 Å². The fourth-order valence-electron chi connectivity index (χ4n) is 9.20. The average molecular weight is 1500 g/mol. The number of alkyl halides is 3. The maximum absolute atomic E-state index is 12.0. The van der Waals surface area contributed by atoms with Crippen LogP contribution in [0.1, 0.15) is 31.1 Å². The second-order valence-corrected chi connectivity index (χ2v) is 24.6. The molecule has 0 bridgehead atoms. The highest BCUT2D eigenvalue weighted by Gasteiger charge is 2.49. The highest BCUT2D eigenvalue weighted by Crippen LogP contribution is 2.38. The third-order valence-electron chi connectivity index (χ3n) is 13.6. The van der Waals surface area contributed by atoms with Gasteiger partial charge in [0.1, 0.15) is 43.0 Å². The van der Waals surface area contributed by atoms with Crippen molar-refractivity contribution >= 4 is 184 Å². The van der Waals surface area contributed by atoms with Gasteiger partial charge in [-0.25, -0.2) is 34.9 Å². The van der Waals surface area contributed by atoms with E-state index in [1.54, 1.807) is 48.9 Å². The third-order valence-corrected chi connectivity index (χ3v) is 16.6. The fraction of sp³-hybridized carbons (Fsp3) is 0.0149. The number of fused-ring (bicyclic) bond motifs is 9. The molecular weight excluding hydrogens is 1460 g/mol. The maximum atomic E-state index is 12.0. The van der Waals surface area contributed by atoms with Crippen LogP contribution in [0.15, 0.2) is 207 Å². The number of aromatic hydroxyl groups is 1. The molecule has 18 nitrogen and oxygen atoms in total. The summed E-state index contributed by atoms with van der Waals surface area (Å²) in [5, 5.41) is 31.9. The number of pyridine rings is 6. The number of aromatic amines is 1. The first-order valence-corrected chi connectivity index (χ1v) is 32.3. The Bertz CT molecular complexity index is 5350. The summed E-state index contributed by atoms with van der Waals surface area (Å²) in [7, 11) is -7.32. The van der Waals surface area contributed by atoms with E-state index in [2.05, 4.69) is 67.7 Å². The molecule has 0 spiro atoms. The van der Waals surface area contributed by atoms with Crippen LogP contribution < -0.4 is 9.65 Å². The number of aromatic nitrogens is 9. The van der Waals surface area contributed by atoms with E-state index >= 15 is 0 Å². The van der Waals surface area contributed by atoms with Crippen LogP contribution in [-0.4, -0.2) is 99.3 Å². The van der Waals surface area contributed by atoms with Gasteiger partial charge in [-0.15, -0.1) is 0 Å². The van der Waals surface area contributed by atoms with Crippen LogP contribution in [0.2, 0.25) is 40.8 Å². The molecule has 31 heteroatoms. The molecule has 0 fully saturated rings. The normalized spacial score (nSPS) is 10.9. The Morgan fingerprint density at radius 3 is 1.65 bits per heavy atom. The summed E-state index contributed by atoms with van der Waals surface area (Å²) in [5.41, 5.74) is 5.21. The molecule has 4 N–H and O–H groups in total. The zero-order valence-electron chi connectivity index (χ0n) is 49.4. The van der Waals surface area contributed by atoms with E-state index in [1.807, 2.05) is 103 Å². The molecule has 0 aliphatic rings. The number of carbonyl (C=O) groups is 3. The summed E-state index contributed by atoms with van der Waals surface area (Å²) in [4.78, 5) is 63.6. The number of para-hydroxylation sites is 4. The number of aldehydes is 3. The van der Waals surface area contributed by atoms with Gasteiger partial charge in [0.05, 0.1) is 56.1 Å². The molecule has 0 aliphatic heterocycles. The molecule has 0 aliphatic carbocycles. The Balaban J connectivity index is 0.000000141. The summed E-state index contributed by atoms with van der Waals surface area (Å²) in [5.74, 6) is -0.203. The zero-order chi connectivity index (χ0) is 70.4. The second kappa shape index (κ2) is 32.8. The second-order valence-electron chi connectivity index (χ2n) is 19.9. The highest BCUT2D eigenvalue weighted by atomic mass is 35.5. The number of nitrogens with zero attached hydrogens (tertiary/aromatic N) is 8. The van der Waals surface area contributed by atoms with Crippen molar-refractivity contribution in [2.45, 2.75) is 5.51 Å². The van der Waals surface area contributed by atoms with Crippen molar-refractivity contribution in [1.29, 1.82) is 0 Å². The number of H-pyrrole nitrogens is 1. The minimum absolute atomic E-state index is 0.0921. The number of benzene rings is 6. The van der Waals surface area contributed by atoms with Gasteiger partial charge in [-0.1, -0.05) is 190 Å². The summed E-state index contributed by atoms with van der Waals surface area (Å²) in [6.45, 7) is 0. The van der Waals surface area contributed by atoms with E-state index in [0.717, 1.165) is 96.0 Å². The monoisotopic (exact) mass is 1500 g/mol. The molecule has 14 aromatic rings. The topological polar surface area (TPSA) is 266 Å². The molecule has 0 unspecified atom stereocenters.